The molecule has 1 aliphatic heterocycles. The molecule has 1 saturated heterocycles. The summed E-state index contributed by atoms with van der Waals surface area (Å²) in [4.78, 5) is 2.56. The molecule has 0 radical (unpaired) electrons. The van der Waals surface area contributed by atoms with E-state index in [0.29, 0.717) is 5.92 Å². The number of benzene rings is 2. The first-order valence-electron chi connectivity index (χ1n) is 8.76. The van der Waals surface area contributed by atoms with Crippen molar-refractivity contribution in [3.63, 3.8) is 0 Å². The van der Waals surface area contributed by atoms with Gasteiger partial charge in [0.05, 0.1) is 0 Å². The predicted molar refractivity (Wildman–Crippen MR) is 99.5 cm³/mol. The Hall–Kier alpha value is -1.86. The third kappa shape index (κ3) is 4.56. The van der Waals surface area contributed by atoms with Crippen molar-refractivity contribution in [1.82, 2.24) is 4.90 Å². The van der Waals surface area contributed by atoms with E-state index in [-0.39, 0.29) is 0 Å². The first-order chi connectivity index (χ1) is 11.2. The minimum absolute atomic E-state index is 0.609. The van der Waals surface area contributed by atoms with Gasteiger partial charge in [-0.2, -0.15) is 0 Å². The third-order valence-corrected chi connectivity index (χ3v) is 4.72. The Bertz CT molecular complexity index is 627. The molecule has 2 aromatic carbocycles. The van der Waals surface area contributed by atoms with Gasteiger partial charge >= 0.3 is 0 Å². The predicted octanol–water partition coefficient (Wildman–Crippen LogP) is 5.49. The first-order valence-corrected chi connectivity index (χ1v) is 8.76. The lowest BCUT2D eigenvalue weighted by Crippen LogP contribution is -2.30. The summed E-state index contributed by atoms with van der Waals surface area (Å²) in [6, 6.07) is 19.9. The lowest BCUT2D eigenvalue weighted by molar-refractivity contribution is 0.249. The summed E-state index contributed by atoms with van der Waals surface area (Å²) in [5.74, 6) is 0.609. The fraction of sp³-hybridized carbons (Fsp3) is 0.364. The summed E-state index contributed by atoms with van der Waals surface area (Å²) < 4.78 is 0. The van der Waals surface area contributed by atoms with Gasteiger partial charge in [-0.05, 0) is 35.4 Å². The highest BCUT2D eigenvalue weighted by molar-refractivity contribution is 5.53. The zero-order valence-electron chi connectivity index (χ0n) is 14.3. The van der Waals surface area contributed by atoms with E-state index in [9.17, 15) is 0 Å². The molecule has 0 aromatic heterocycles. The van der Waals surface area contributed by atoms with Crippen molar-refractivity contribution in [1.29, 1.82) is 0 Å². The van der Waals surface area contributed by atoms with Crippen molar-refractivity contribution < 1.29 is 0 Å². The summed E-state index contributed by atoms with van der Waals surface area (Å²) in [5.41, 5.74) is 5.78. The van der Waals surface area contributed by atoms with Crippen LogP contribution < -0.4 is 0 Å². The van der Waals surface area contributed by atoms with Crippen LogP contribution in [0.5, 0.6) is 0 Å². The van der Waals surface area contributed by atoms with Crippen molar-refractivity contribution in [2.24, 2.45) is 0 Å². The van der Waals surface area contributed by atoms with E-state index in [1.54, 1.807) is 5.57 Å². The molecular formula is C22H27N. The first kappa shape index (κ1) is 16.0. The Morgan fingerprint density at radius 2 is 1.57 bits per heavy atom. The van der Waals surface area contributed by atoms with Crippen molar-refractivity contribution >= 4 is 6.08 Å². The summed E-state index contributed by atoms with van der Waals surface area (Å²) in [5, 5.41) is 0. The van der Waals surface area contributed by atoms with Gasteiger partial charge in [0, 0.05) is 19.6 Å². The lowest BCUT2D eigenvalue weighted by atomic mass is 9.98. The maximum atomic E-state index is 2.56. The topological polar surface area (TPSA) is 3.24 Å². The maximum absolute atomic E-state index is 2.56. The Morgan fingerprint density at radius 1 is 0.913 bits per heavy atom. The molecule has 1 nitrogen and oxygen atoms in total. The molecule has 1 heteroatoms. The number of piperidine rings is 1. The van der Waals surface area contributed by atoms with Crippen LogP contribution in [0.25, 0.3) is 6.08 Å². The number of likely N-dealkylation sites (tertiary alicyclic amines) is 1. The van der Waals surface area contributed by atoms with Gasteiger partial charge < -0.3 is 0 Å². The largest absolute Gasteiger partial charge is 0.298 e. The number of hydrogen-bond donors (Lipinski definition) is 0. The highest BCUT2D eigenvalue weighted by atomic mass is 15.1. The zero-order valence-corrected chi connectivity index (χ0v) is 14.3. The molecule has 0 atom stereocenters. The number of hydrogen-bond acceptors (Lipinski definition) is 1. The molecule has 3 rings (SSSR count). The average Bonchev–Trinajstić information content (AvgIpc) is 2.58. The normalized spacial score (nSPS) is 15.9. The van der Waals surface area contributed by atoms with E-state index in [2.05, 4.69) is 79.4 Å². The maximum Gasteiger partial charge on any atom is 0.0233 e. The van der Waals surface area contributed by atoms with Crippen LogP contribution in [0, 0.1) is 0 Å². The molecule has 0 saturated carbocycles. The summed E-state index contributed by atoms with van der Waals surface area (Å²) in [6.07, 6.45) is 4.78. The van der Waals surface area contributed by atoms with Gasteiger partial charge in [0.1, 0.15) is 0 Å². The lowest BCUT2D eigenvalue weighted by Gasteiger charge is -2.28. The van der Waals surface area contributed by atoms with Gasteiger partial charge in [0.15, 0.2) is 0 Å². The monoisotopic (exact) mass is 305 g/mol. The smallest absolute Gasteiger partial charge is 0.0233 e. The van der Waals surface area contributed by atoms with Crippen LogP contribution in [0.15, 0.2) is 60.2 Å². The molecule has 1 heterocycles. The fourth-order valence-corrected chi connectivity index (χ4v) is 3.20. The Balaban J connectivity index is 1.56. The van der Waals surface area contributed by atoms with Crippen LogP contribution in [-0.2, 0) is 6.54 Å². The van der Waals surface area contributed by atoms with Crippen molar-refractivity contribution in [2.45, 2.75) is 39.2 Å². The summed E-state index contributed by atoms with van der Waals surface area (Å²) in [6.45, 7) is 7.92. The fourth-order valence-electron chi connectivity index (χ4n) is 3.20. The molecule has 0 aliphatic carbocycles. The van der Waals surface area contributed by atoms with E-state index in [1.165, 1.54) is 42.6 Å². The highest BCUT2D eigenvalue weighted by Gasteiger charge is 2.13. The van der Waals surface area contributed by atoms with E-state index in [0.717, 1.165) is 6.54 Å². The van der Waals surface area contributed by atoms with E-state index in [1.807, 2.05) is 0 Å². The molecule has 0 amide bonds. The summed E-state index contributed by atoms with van der Waals surface area (Å²) in [7, 11) is 0. The van der Waals surface area contributed by atoms with Crippen LogP contribution in [0.2, 0.25) is 0 Å². The standard InChI is InChI=1S/C22H27N/c1-18(2)22-10-8-19(9-11-22)16-20-12-14-23(15-13-20)17-21-6-4-3-5-7-21/h3-11,16,18H,12-15,17H2,1-2H3. The van der Waals surface area contributed by atoms with Gasteiger partial charge in [0.2, 0.25) is 0 Å². The molecule has 1 fully saturated rings. The molecule has 0 bridgehead atoms. The molecule has 2 aromatic rings. The van der Waals surface area contributed by atoms with E-state index in [4.69, 9.17) is 0 Å². The van der Waals surface area contributed by atoms with Crippen molar-refractivity contribution in [3.8, 4) is 0 Å². The Morgan fingerprint density at radius 3 is 2.17 bits per heavy atom. The van der Waals surface area contributed by atoms with Crippen LogP contribution in [-0.4, -0.2) is 18.0 Å². The van der Waals surface area contributed by atoms with Crippen molar-refractivity contribution in [3.05, 3.63) is 76.9 Å². The second-order valence-corrected chi connectivity index (χ2v) is 6.89. The number of rotatable bonds is 4. The third-order valence-electron chi connectivity index (χ3n) is 4.72. The average molecular weight is 305 g/mol. The quantitative estimate of drug-likeness (QED) is 0.722. The molecule has 23 heavy (non-hydrogen) atoms. The molecule has 0 N–H and O–H groups in total. The van der Waals surface area contributed by atoms with Gasteiger partial charge in [-0.3, -0.25) is 4.90 Å². The van der Waals surface area contributed by atoms with Crippen LogP contribution in [0.4, 0.5) is 0 Å². The summed E-state index contributed by atoms with van der Waals surface area (Å²) >= 11 is 0. The Labute approximate surface area is 140 Å². The SMILES string of the molecule is CC(C)c1ccc(C=C2CCN(Cc3ccccc3)CC2)cc1. The zero-order chi connectivity index (χ0) is 16.1. The van der Waals surface area contributed by atoms with Crippen LogP contribution in [0.1, 0.15) is 49.3 Å². The molecule has 0 spiro atoms. The minimum atomic E-state index is 0.609. The second-order valence-electron chi connectivity index (χ2n) is 6.89. The van der Waals surface area contributed by atoms with Gasteiger partial charge in [0.25, 0.3) is 0 Å². The highest BCUT2D eigenvalue weighted by Crippen LogP contribution is 2.22. The van der Waals surface area contributed by atoms with Gasteiger partial charge in [-0.25, -0.2) is 0 Å². The van der Waals surface area contributed by atoms with Crippen molar-refractivity contribution in [2.75, 3.05) is 13.1 Å². The number of nitrogens with zero attached hydrogens (tertiary/aromatic N) is 1. The molecule has 0 unspecified atom stereocenters. The molecule has 1 aliphatic rings. The molecular weight excluding hydrogens is 278 g/mol. The Kier molecular flexibility index (Phi) is 5.30. The minimum Gasteiger partial charge on any atom is -0.298 e. The second kappa shape index (κ2) is 7.61. The van der Waals surface area contributed by atoms with E-state index >= 15 is 0 Å². The van der Waals surface area contributed by atoms with Crippen LogP contribution >= 0.6 is 0 Å². The van der Waals surface area contributed by atoms with Gasteiger partial charge in [-0.1, -0.05) is 80.1 Å². The van der Waals surface area contributed by atoms with E-state index < -0.39 is 0 Å². The van der Waals surface area contributed by atoms with Crippen LogP contribution in [0.3, 0.4) is 0 Å². The molecule has 120 valence electrons. The van der Waals surface area contributed by atoms with Gasteiger partial charge in [-0.15, -0.1) is 0 Å².